The van der Waals surface area contributed by atoms with E-state index in [2.05, 4.69) is 95.8 Å². The first-order chi connectivity index (χ1) is 32.7. The van der Waals surface area contributed by atoms with E-state index < -0.39 is 30.9 Å². The summed E-state index contributed by atoms with van der Waals surface area (Å²) < 4.78 is 46.8. The van der Waals surface area contributed by atoms with Crippen LogP contribution in [0.5, 0.6) is 0 Å². The molecule has 69 heavy (non-hydrogen) atoms. The molecule has 2 saturated heterocycles. The molecule has 4 aliphatic rings. The molecule has 0 saturated carbocycles. The zero-order valence-electron chi connectivity index (χ0n) is 39.2. The molecular formula is C54H56IN4NaO7S2. The number of hydrogen-bond acceptors (Lipinski definition) is 8. The molecule has 6 aromatic carbocycles. The zero-order valence-corrected chi connectivity index (χ0v) is 45.0. The number of anilines is 2. The van der Waals surface area contributed by atoms with Crippen molar-refractivity contribution in [1.82, 2.24) is 9.80 Å². The van der Waals surface area contributed by atoms with Gasteiger partial charge in [-0.25, -0.2) is 9.59 Å². The zero-order chi connectivity index (χ0) is 47.9. The second kappa shape index (κ2) is 23.4. The molecule has 15 heteroatoms. The first-order valence-corrected chi connectivity index (χ1v) is 29.3. The third kappa shape index (κ3) is 12.9. The molecule has 11 nitrogen and oxygen atoms in total. The average molecular weight is 1090 g/mol. The van der Waals surface area contributed by atoms with Crippen molar-refractivity contribution in [1.29, 1.82) is 0 Å². The van der Waals surface area contributed by atoms with E-state index in [4.69, 9.17) is 13.7 Å². The fourth-order valence-electron chi connectivity index (χ4n) is 10.6. The number of urea groups is 2. The topological polar surface area (TPSA) is 174 Å². The van der Waals surface area contributed by atoms with Crippen molar-refractivity contribution in [3.63, 3.8) is 0 Å². The predicted molar refractivity (Wildman–Crippen MR) is 262 cm³/mol. The number of hydrogen-bond donors (Lipinski definition) is 2. The summed E-state index contributed by atoms with van der Waals surface area (Å²) in [7, 11) is -0.883. The summed E-state index contributed by atoms with van der Waals surface area (Å²) >= 11 is -3.98. The standard InChI is InChI=1S/C27H28N2O2S.C27H28N2OS.IO4.Na/c1-32(31)25-19-27(24-10-6-5-9-23(24)25)15-17-29(18-16-27)26(30)28-22-13-11-21(12-14-22)20-7-3-2-4-8-20;1-31-25-19-27(24-10-6-5-9-23(24)25)15-17-29(18-16-27)26(30)28-22-13-11-21(12-14-22)20-7-3-2-4-8-20;2-1(3,4)5;/h2-14,25H,15-19H2,1H3,(H,28,30);2-14,25H,15-19H2,1H3,(H,28,30);;/q;;-1;+1. The molecule has 354 valence electrons. The SMILES string of the molecule is CS(=O)C1CC2(CCN(C(=O)Nc3ccc(-c4ccccc4)cc3)CC2)c2ccccc21.CSC1CC2(CCN(C(=O)Nc3ccc(-c4ccccc4)cc3)CC2)c2ccccc21.[Na+].[O-][I+3]([O-])([O-])[O-]. The van der Waals surface area contributed by atoms with E-state index in [0.717, 1.165) is 73.3 Å². The molecule has 2 heterocycles. The van der Waals surface area contributed by atoms with Gasteiger partial charge in [0.1, 0.15) is 20.1 Å². The van der Waals surface area contributed by atoms with Gasteiger partial charge < -0.3 is 20.4 Å². The van der Waals surface area contributed by atoms with Gasteiger partial charge in [0.2, 0.25) is 0 Å². The Bertz CT molecular complexity index is 2670. The van der Waals surface area contributed by atoms with Gasteiger partial charge >= 0.3 is 41.6 Å². The van der Waals surface area contributed by atoms with Gasteiger partial charge in [-0.15, -0.1) is 0 Å². The summed E-state index contributed by atoms with van der Waals surface area (Å²) in [6.07, 6.45) is 10.1. The largest absolute Gasteiger partial charge is 1.00 e. The van der Waals surface area contributed by atoms with E-state index in [0.29, 0.717) is 18.3 Å². The Hall–Kier alpha value is -4.07. The maximum absolute atomic E-state index is 12.9. The molecule has 6 aromatic rings. The number of carbonyl (C=O) groups excluding carboxylic acids is 2. The summed E-state index contributed by atoms with van der Waals surface area (Å²) in [4.78, 5) is 29.7. The Kier molecular flexibility index (Phi) is 17.9. The minimum absolute atomic E-state index is 0. The van der Waals surface area contributed by atoms with Gasteiger partial charge in [0.15, 0.2) is 0 Å². The van der Waals surface area contributed by atoms with Gasteiger partial charge in [-0.3, -0.25) is 18.0 Å². The van der Waals surface area contributed by atoms with Crippen LogP contribution in [0.25, 0.3) is 22.3 Å². The first kappa shape index (κ1) is 52.7. The fraction of sp³-hybridized carbons (Fsp3) is 0.296. The number of nitrogens with zero attached hydrogens (tertiary/aromatic N) is 2. The van der Waals surface area contributed by atoms with E-state index in [9.17, 15) is 13.8 Å². The molecule has 10 rings (SSSR count). The molecule has 2 N–H and O–H groups in total. The second-order valence-electron chi connectivity index (χ2n) is 18.0. The van der Waals surface area contributed by atoms with Crippen molar-refractivity contribution < 1.29 is 77.2 Å². The van der Waals surface area contributed by atoms with Crippen LogP contribution in [0, 0.1) is 0 Å². The molecule has 3 atom stereocenters. The van der Waals surface area contributed by atoms with E-state index in [1.807, 2.05) is 107 Å². The summed E-state index contributed by atoms with van der Waals surface area (Å²) in [6, 6.07) is 54.0. The Morgan fingerprint density at radius 3 is 1.30 bits per heavy atom. The Morgan fingerprint density at radius 2 is 0.899 bits per heavy atom. The molecule has 4 amide bonds. The minimum Gasteiger partial charge on any atom is -0.324 e. The molecule has 3 unspecified atom stereocenters. The number of piperidine rings is 2. The minimum atomic E-state index is -5.94. The van der Waals surface area contributed by atoms with Gasteiger partial charge in [-0.2, -0.15) is 11.8 Å². The fourth-order valence-corrected chi connectivity index (χ4v) is 12.6. The van der Waals surface area contributed by atoms with Crippen LogP contribution in [0.1, 0.15) is 71.3 Å². The molecule has 0 bridgehead atoms. The van der Waals surface area contributed by atoms with Crippen LogP contribution in [0.3, 0.4) is 0 Å². The number of halogens is 1. The normalized spacial score (nSPS) is 18.8. The van der Waals surface area contributed by atoms with Crippen molar-refractivity contribution in [3.8, 4) is 22.3 Å². The van der Waals surface area contributed by atoms with Crippen LogP contribution in [0.15, 0.2) is 158 Å². The van der Waals surface area contributed by atoms with Gasteiger partial charge in [0, 0.05) is 70.7 Å². The number of rotatable bonds is 6. The molecule has 2 aliphatic heterocycles. The Balaban J connectivity index is 0.000000183. The molecular weight excluding hydrogens is 1030 g/mol. The van der Waals surface area contributed by atoms with Gasteiger partial charge in [-0.1, -0.05) is 133 Å². The first-order valence-electron chi connectivity index (χ1n) is 22.8. The number of amides is 4. The smallest absolute Gasteiger partial charge is 0.324 e. The molecule has 2 spiro atoms. The molecule has 2 fully saturated rings. The van der Waals surface area contributed by atoms with E-state index >= 15 is 0 Å². The number of benzene rings is 6. The van der Waals surface area contributed by atoms with Crippen LogP contribution < -0.4 is 74.0 Å². The third-order valence-electron chi connectivity index (χ3n) is 14.1. The monoisotopic (exact) mass is 1090 g/mol. The van der Waals surface area contributed by atoms with Crippen LogP contribution in [0.2, 0.25) is 0 Å². The summed E-state index contributed by atoms with van der Waals surface area (Å²) in [6.45, 7) is 3.05. The van der Waals surface area contributed by atoms with Crippen molar-refractivity contribution in [2.24, 2.45) is 0 Å². The maximum Gasteiger partial charge on any atom is 1.00 e. The summed E-state index contributed by atoms with van der Waals surface area (Å²) in [5.41, 5.74) is 12.2. The number of carbonyl (C=O) groups is 2. The maximum atomic E-state index is 12.9. The van der Waals surface area contributed by atoms with Gasteiger partial charge in [-0.05, 0) is 114 Å². The van der Waals surface area contributed by atoms with Crippen LogP contribution in [0.4, 0.5) is 21.0 Å². The Labute approximate surface area is 440 Å². The summed E-state index contributed by atoms with van der Waals surface area (Å²) in [5.74, 6) is 0. The van der Waals surface area contributed by atoms with Crippen molar-refractivity contribution >= 4 is 46.0 Å². The molecule has 2 aliphatic carbocycles. The number of likely N-dealkylation sites (tertiary alicyclic amines) is 2. The van der Waals surface area contributed by atoms with Gasteiger partial charge in [0.25, 0.3) is 0 Å². The molecule has 0 aromatic heterocycles. The van der Waals surface area contributed by atoms with Crippen LogP contribution >= 0.6 is 11.8 Å². The predicted octanol–water partition coefficient (Wildman–Crippen LogP) is 1.72. The number of nitrogens with one attached hydrogen (secondary N) is 2. The van der Waals surface area contributed by atoms with Crippen molar-refractivity contribution in [2.75, 3.05) is 49.3 Å². The molecule has 0 radical (unpaired) electrons. The third-order valence-corrected chi connectivity index (χ3v) is 16.3. The average Bonchev–Trinajstić information content (AvgIpc) is 3.84. The Morgan fingerprint density at radius 1 is 0.551 bits per heavy atom. The van der Waals surface area contributed by atoms with E-state index in [1.165, 1.54) is 34.2 Å². The van der Waals surface area contributed by atoms with Crippen molar-refractivity contribution in [2.45, 2.75) is 59.9 Å². The number of thioether (sulfide) groups is 1. The van der Waals surface area contributed by atoms with E-state index in [-0.39, 0.29) is 57.7 Å². The second-order valence-corrected chi connectivity index (χ2v) is 22.7. The summed E-state index contributed by atoms with van der Waals surface area (Å²) in [5, 5.41) is 6.83. The van der Waals surface area contributed by atoms with Crippen LogP contribution in [-0.2, 0) is 21.6 Å². The van der Waals surface area contributed by atoms with Crippen LogP contribution in [-0.4, -0.2) is 64.8 Å². The van der Waals surface area contributed by atoms with E-state index in [1.54, 1.807) is 0 Å². The van der Waals surface area contributed by atoms with Gasteiger partial charge in [0.05, 0.1) is 5.25 Å². The quantitative estimate of drug-likeness (QED) is 0.188. The van der Waals surface area contributed by atoms with Crippen molar-refractivity contribution in [3.05, 3.63) is 180 Å². The number of fused-ring (bicyclic) bond motifs is 4.